The van der Waals surface area contributed by atoms with Gasteiger partial charge in [-0.05, 0) is 98.5 Å². The maximum Gasteiger partial charge on any atom is 0.145 e. The van der Waals surface area contributed by atoms with Crippen LogP contribution in [-0.2, 0) is 9.59 Å². The van der Waals surface area contributed by atoms with Crippen molar-refractivity contribution in [1.82, 2.24) is 0 Å². The summed E-state index contributed by atoms with van der Waals surface area (Å²) in [4.78, 5) is 26.7. The zero-order valence-electron chi connectivity index (χ0n) is 20.2. The minimum absolute atomic E-state index is 0.0772. The van der Waals surface area contributed by atoms with Crippen LogP contribution in [0.5, 0.6) is 0 Å². The second kappa shape index (κ2) is 8.81. The number of nitrogens with zero attached hydrogens (tertiary/aromatic N) is 1. The van der Waals surface area contributed by atoms with E-state index in [0.29, 0.717) is 29.6 Å². The molecule has 0 bridgehead atoms. The van der Waals surface area contributed by atoms with Crippen molar-refractivity contribution < 1.29 is 9.59 Å². The molecule has 0 aromatic heterocycles. The van der Waals surface area contributed by atoms with Gasteiger partial charge in [0.25, 0.3) is 0 Å². The van der Waals surface area contributed by atoms with Crippen molar-refractivity contribution in [2.45, 2.75) is 81.9 Å². The number of ketones is 2. The number of benzene rings is 1. The van der Waals surface area contributed by atoms with Gasteiger partial charge in [-0.3, -0.25) is 9.59 Å². The van der Waals surface area contributed by atoms with Crippen molar-refractivity contribution in [1.29, 1.82) is 5.26 Å². The Morgan fingerprint density at radius 1 is 0.912 bits per heavy atom. The third kappa shape index (κ3) is 3.52. The number of fused-ring (bicyclic) bond motifs is 7. The van der Waals surface area contributed by atoms with Crippen molar-refractivity contribution >= 4 is 23.3 Å². The molecule has 1 aromatic rings. The summed E-state index contributed by atoms with van der Waals surface area (Å²) in [6.07, 6.45) is 12.6. The van der Waals surface area contributed by atoms with Gasteiger partial charge in [-0.15, -0.1) is 11.8 Å². The Morgan fingerprint density at radius 2 is 1.71 bits per heavy atom. The molecule has 0 amide bonds. The monoisotopic (exact) mass is 475 g/mol. The largest absolute Gasteiger partial charge is 0.299 e. The molecule has 0 spiro atoms. The fourth-order valence-corrected chi connectivity index (χ4v) is 11.0. The van der Waals surface area contributed by atoms with Crippen LogP contribution in [0.2, 0.25) is 0 Å². The first-order valence-corrected chi connectivity index (χ1v) is 14.7. The summed E-state index contributed by atoms with van der Waals surface area (Å²) in [5, 5.41) is 10.6. The highest BCUT2D eigenvalue weighted by atomic mass is 32.2. The van der Waals surface area contributed by atoms with Crippen LogP contribution < -0.4 is 0 Å². The maximum atomic E-state index is 13.1. The second-order valence-electron chi connectivity index (χ2n) is 12.2. The average Bonchev–Trinajstić information content (AvgIpc) is 2.87. The molecule has 5 aliphatic rings. The quantitative estimate of drug-likeness (QED) is 0.354. The predicted molar refractivity (Wildman–Crippen MR) is 134 cm³/mol. The summed E-state index contributed by atoms with van der Waals surface area (Å²) < 4.78 is 0. The molecule has 0 aliphatic heterocycles. The number of carbonyl (C=O) groups excluding carboxylic acids is 2. The van der Waals surface area contributed by atoms with E-state index >= 15 is 0 Å². The molecule has 3 nitrogen and oxygen atoms in total. The lowest BCUT2D eigenvalue weighted by molar-refractivity contribution is -0.157. The molecule has 4 heteroatoms. The third-order valence-corrected chi connectivity index (χ3v) is 12.2. The Balaban J connectivity index is 1.27. The lowest BCUT2D eigenvalue weighted by Crippen LogP contribution is -2.59. The van der Waals surface area contributed by atoms with Crippen LogP contribution in [0.4, 0.5) is 0 Å². The van der Waals surface area contributed by atoms with E-state index in [1.165, 1.54) is 49.2 Å². The highest BCUT2D eigenvalue weighted by Gasteiger charge is 2.63. The molecule has 5 fully saturated rings. The fourth-order valence-electron chi connectivity index (χ4n) is 9.65. The van der Waals surface area contributed by atoms with E-state index < -0.39 is 5.41 Å². The Bertz CT molecular complexity index is 1000. The molecule has 1 aromatic carbocycles. The normalized spacial score (nSPS) is 43.6. The summed E-state index contributed by atoms with van der Waals surface area (Å²) in [5.74, 6) is 3.81. The SMILES string of the molecule is N#CC12CCC3C(CCC4(CSc5ccccc5)CCCCC34)C1CCC1CC(=O)CC(=O)C12. The number of rotatable bonds is 3. The van der Waals surface area contributed by atoms with Crippen molar-refractivity contribution in [2.75, 3.05) is 5.75 Å². The number of hydrogen-bond donors (Lipinski definition) is 0. The van der Waals surface area contributed by atoms with Crippen molar-refractivity contribution in [2.24, 2.45) is 46.3 Å². The zero-order chi connectivity index (χ0) is 23.3. The number of Topliss-reactive ketones (excluding diaryl/α,β-unsaturated/α-hetero) is 2. The molecule has 0 N–H and O–H groups in total. The van der Waals surface area contributed by atoms with Crippen molar-refractivity contribution in [3.63, 3.8) is 0 Å². The van der Waals surface area contributed by atoms with Crippen molar-refractivity contribution in [3.05, 3.63) is 30.3 Å². The van der Waals surface area contributed by atoms with Gasteiger partial charge in [0.15, 0.2) is 0 Å². The van der Waals surface area contributed by atoms with Gasteiger partial charge < -0.3 is 0 Å². The molecule has 0 radical (unpaired) electrons. The molecule has 0 heterocycles. The van der Waals surface area contributed by atoms with E-state index in [1.54, 1.807) is 0 Å². The van der Waals surface area contributed by atoms with E-state index in [4.69, 9.17) is 0 Å². The Kier molecular flexibility index (Phi) is 5.92. The van der Waals surface area contributed by atoms with Crippen molar-refractivity contribution in [3.8, 4) is 6.07 Å². The fraction of sp³-hybridized carbons (Fsp3) is 0.700. The molecule has 8 atom stereocenters. The van der Waals surface area contributed by atoms with Gasteiger partial charge in [-0.25, -0.2) is 0 Å². The topological polar surface area (TPSA) is 57.9 Å². The Morgan fingerprint density at radius 3 is 2.53 bits per heavy atom. The summed E-state index contributed by atoms with van der Waals surface area (Å²) in [6, 6.07) is 13.7. The highest BCUT2D eigenvalue weighted by Crippen LogP contribution is 2.67. The minimum atomic E-state index is -0.505. The molecule has 6 rings (SSSR count). The van der Waals surface area contributed by atoms with E-state index in [1.807, 2.05) is 0 Å². The maximum absolute atomic E-state index is 13.1. The minimum Gasteiger partial charge on any atom is -0.299 e. The lowest BCUT2D eigenvalue weighted by atomic mass is 9.41. The van der Waals surface area contributed by atoms with Crippen LogP contribution in [0.25, 0.3) is 0 Å². The smallest absolute Gasteiger partial charge is 0.145 e. The lowest BCUT2D eigenvalue weighted by Gasteiger charge is -2.62. The van der Waals surface area contributed by atoms with E-state index in [9.17, 15) is 14.9 Å². The van der Waals surface area contributed by atoms with Crippen LogP contribution in [0.3, 0.4) is 0 Å². The Labute approximate surface area is 208 Å². The van der Waals surface area contributed by atoms with Gasteiger partial charge in [0.1, 0.15) is 11.6 Å². The standard InChI is InChI=1S/C30H37NO2S/c31-18-30-15-12-23-24(26(30)10-9-20-16-21(32)17-27(33)28(20)30)11-14-29(13-5-4-8-25(23)29)19-34-22-6-2-1-3-7-22/h1-3,6-7,20,23-26,28H,4-5,8-17,19H2. The number of carbonyl (C=O) groups is 2. The van der Waals surface area contributed by atoms with E-state index in [0.717, 1.165) is 31.6 Å². The molecule has 5 aliphatic carbocycles. The predicted octanol–water partition coefficient (Wildman–Crippen LogP) is 6.86. The summed E-state index contributed by atoms with van der Waals surface area (Å²) in [6.45, 7) is 0. The first-order valence-electron chi connectivity index (χ1n) is 13.7. The average molecular weight is 476 g/mol. The van der Waals surface area contributed by atoms with Gasteiger partial charge in [-0.2, -0.15) is 5.26 Å². The summed E-state index contributed by atoms with van der Waals surface area (Å²) in [7, 11) is 0. The third-order valence-electron chi connectivity index (χ3n) is 10.9. The van der Waals surface area contributed by atoms with E-state index in [-0.39, 0.29) is 29.8 Å². The Hall–Kier alpha value is -1.60. The molecular formula is C30H37NO2S. The molecule has 34 heavy (non-hydrogen) atoms. The van der Waals surface area contributed by atoms with Gasteiger partial charge in [0.2, 0.25) is 0 Å². The molecule has 0 saturated heterocycles. The van der Waals surface area contributed by atoms with Gasteiger partial charge >= 0.3 is 0 Å². The molecule has 180 valence electrons. The zero-order valence-corrected chi connectivity index (χ0v) is 21.0. The molecule has 5 saturated carbocycles. The summed E-state index contributed by atoms with van der Waals surface area (Å²) in [5.41, 5.74) is -0.0633. The first kappa shape index (κ1) is 22.8. The van der Waals surface area contributed by atoms with Crippen LogP contribution in [-0.4, -0.2) is 17.3 Å². The van der Waals surface area contributed by atoms with Crippen LogP contribution in [0.1, 0.15) is 77.0 Å². The number of hydrogen-bond acceptors (Lipinski definition) is 4. The van der Waals surface area contributed by atoms with Crippen LogP contribution in [0.15, 0.2) is 35.2 Å². The van der Waals surface area contributed by atoms with Crippen LogP contribution >= 0.6 is 11.8 Å². The molecule has 8 unspecified atom stereocenters. The first-order chi connectivity index (χ1) is 16.6. The second-order valence-corrected chi connectivity index (χ2v) is 13.2. The number of thioether (sulfide) groups is 1. The van der Waals surface area contributed by atoms with Gasteiger partial charge in [0, 0.05) is 23.0 Å². The highest BCUT2D eigenvalue weighted by molar-refractivity contribution is 7.99. The van der Waals surface area contributed by atoms with Crippen LogP contribution in [0, 0.1) is 57.7 Å². The van der Waals surface area contributed by atoms with E-state index in [2.05, 4.69) is 48.2 Å². The van der Waals surface area contributed by atoms with Gasteiger partial charge in [0.05, 0.1) is 17.9 Å². The summed E-state index contributed by atoms with van der Waals surface area (Å²) >= 11 is 2.06. The van der Waals surface area contributed by atoms with Gasteiger partial charge in [-0.1, -0.05) is 31.0 Å². The number of nitriles is 1. The molecular weight excluding hydrogens is 438 g/mol.